The summed E-state index contributed by atoms with van der Waals surface area (Å²) >= 11 is 0. The van der Waals surface area contributed by atoms with Gasteiger partial charge < -0.3 is 19.7 Å². The van der Waals surface area contributed by atoms with Crippen LogP contribution in [0.3, 0.4) is 0 Å². The number of ether oxygens (including phenoxy) is 2. The van der Waals surface area contributed by atoms with Gasteiger partial charge in [0.1, 0.15) is 5.75 Å². The first-order chi connectivity index (χ1) is 14.2. The molecule has 11 heteroatoms. The molecular formula is C19H21F3N4O4. The number of benzene rings is 1. The highest BCUT2D eigenvalue weighted by molar-refractivity contribution is 5.90. The molecular weight excluding hydrogens is 405 g/mol. The Hall–Kier alpha value is -3.08. The van der Waals surface area contributed by atoms with Gasteiger partial charge in [-0.25, -0.2) is 4.98 Å². The van der Waals surface area contributed by atoms with Crippen molar-refractivity contribution in [2.75, 3.05) is 36.5 Å². The third-order valence-corrected chi connectivity index (χ3v) is 4.49. The highest BCUT2D eigenvalue weighted by atomic mass is 19.4. The molecule has 0 spiro atoms. The van der Waals surface area contributed by atoms with Crippen molar-refractivity contribution in [2.24, 2.45) is 0 Å². The van der Waals surface area contributed by atoms with Crippen molar-refractivity contribution < 1.29 is 27.4 Å². The number of carbonyl (C=O) groups excluding carboxylic acids is 1. The fourth-order valence-electron chi connectivity index (χ4n) is 3.02. The second-order valence-electron chi connectivity index (χ2n) is 6.67. The molecule has 2 heterocycles. The van der Waals surface area contributed by atoms with Crippen molar-refractivity contribution in [1.29, 1.82) is 0 Å². The van der Waals surface area contributed by atoms with Gasteiger partial charge in [-0.15, -0.1) is 13.2 Å². The highest BCUT2D eigenvalue weighted by Gasteiger charge is 2.31. The molecule has 0 aliphatic carbocycles. The first-order valence-corrected chi connectivity index (χ1v) is 9.29. The minimum atomic E-state index is -4.78. The number of rotatable bonds is 6. The van der Waals surface area contributed by atoms with Crippen LogP contribution in [0.1, 0.15) is 17.7 Å². The van der Waals surface area contributed by atoms with Crippen LogP contribution in [-0.4, -0.2) is 48.5 Å². The lowest BCUT2D eigenvalue weighted by molar-refractivity contribution is -0.274. The fraction of sp³-hybridized carbons (Fsp3) is 0.421. The van der Waals surface area contributed by atoms with Crippen LogP contribution in [0.15, 0.2) is 29.1 Å². The number of halogens is 3. The van der Waals surface area contributed by atoms with Crippen molar-refractivity contribution >= 4 is 17.5 Å². The van der Waals surface area contributed by atoms with Gasteiger partial charge in [0.2, 0.25) is 11.9 Å². The second kappa shape index (κ2) is 9.16. The number of morpholine rings is 1. The lowest BCUT2D eigenvalue weighted by Gasteiger charge is -2.27. The van der Waals surface area contributed by atoms with Crippen molar-refractivity contribution in [3.05, 3.63) is 45.9 Å². The second-order valence-corrected chi connectivity index (χ2v) is 6.67. The number of nitrogens with one attached hydrogen (secondary N) is 2. The Kier molecular flexibility index (Phi) is 6.60. The molecule has 0 bridgehead atoms. The Labute approximate surface area is 170 Å². The van der Waals surface area contributed by atoms with E-state index in [1.165, 1.54) is 12.1 Å². The molecule has 1 aromatic carbocycles. The van der Waals surface area contributed by atoms with E-state index in [2.05, 4.69) is 20.0 Å². The third kappa shape index (κ3) is 5.96. The van der Waals surface area contributed by atoms with E-state index in [9.17, 15) is 22.8 Å². The molecule has 0 unspecified atom stereocenters. The number of anilines is 2. The van der Waals surface area contributed by atoms with E-state index in [0.717, 1.165) is 12.1 Å². The first-order valence-electron chi connectivity index (χ1n) is 9.29. The van der Waals surface area contributed by atoms with Gasteiger partial charge in [0.05, 0.1) is 13.2 Å². The summed E-state index contributed by atoms with van der Waals surface area (Å²) in [5, 5.41) is 2.57. The lowest BCUT2D eigenvalue weighted by atomic mass is 10.1. The lowest BCUT2D eigenvalue weighted by Crippen LogP contribution is -2.38. The van der Waals surface area contributed by atoms with Gasteiger partial charge in [-0.2, -0.15) is 0 Å². The van der Waals surface area contributed by atoms with Crippen molar-refractivity contribution in [1.82, 2.24) is 9.97 Å². The van der Waals surface area contributed by atoms with Gasteiger partial charge in [-0.05, 0) is 37.6 Å². The Morgan fingerprint density at radius 3 is 2.53 bits per heavy atom. The average molecular weight is 426 g/mol. The molecule has 0 radical (unpaired) electrons. The van der Waals surface area contributed by atoms with Crippen molar-refractivity contribution in [3.63, 3.8) is 0 Å². The topological polar surface area (TPSA) is 96.6 Å². The number of nitrogens with zero attached hydrogens (tertiary/aromatic N) is 2. The largest absolute Gasteiger partial charge is 0.573 e. The van der Waals surface area contributed by atoms with Gasteiger partial charge in [0, 0.05) is 36.5 Å². The SMILES string of the molecule is Cc1nc(N2CCOCC2)[nH]c(=O)c1CCC(=O)Nc1ccc(OC(F)(F)F)cc1. The molecule has 2 aromatic rings. The quantitative estimate of drug-likeness (QED) is 0.736. The molecule has 1 amide bonds. The number of aromatic amines is 1. The normalized spacial score (nSPS) is 14.5. The van der Waals surface area contributed by atoms with Crippen LogP contribution in [0.5, 0.6) is 5.75 Å². The maximum Gasteiger partial charge on any atom is 0.573 e. The van der Waals surface area contributed by atoms with Crippen molar-refractivity contribution in [3.8, 4) is 5.75 Å². The Balaban J connectivity index is 1.57. The Bertz CT molecular complexity index is 938. The summed E-state index contributed by atoms with van der Waals surface area (Å²) in [6.07, 6.45) is -4.58. The van der Waals surface area contributed by atoms with Crippen LogP contribution in [-0.2, 0) is 16.0 Å². The van der Waals surface area contributed by atoms with Gasteiger partial charge in [-0.1, -0.05) is 0 Å². The summed E-state index contributed by atoms with van der Waals surface area (Å²) in [5.41, 5.74) is 0.976. The van der Waals surface area contributed by atoms with Crippen LogP contribution < -0.4 is 20.5 Å². The number of hydrogen-bond donors (Lipinski definition) is 2. The zero-order chi connectivity index (χ0) is 21.7. The smallest absolute Gasteiger partial charge is 0.406 e. The van der Waals surface area contributed by atoms with E-state index in [1.807, 2.05) is 4.90 Å². The van der Waals surface area contributed by atoms with E-state index in [-0.39, 0.29) is 30.1 Å². The highest BCUT2D eigenvalue weighted by Crippen LogP contribution is 2.24. The molecule has 1 aliphatic rings. The monoisotopic (exact) mass is 426 g/mol. The number of H-pyrrole nitrogens is 1. The maximum absolute atomic E-state index is 12.4. The van der Waals surface area contributed by atoms with E-state index in [0.29, 0.717) is 49.2 Å². The number of hydrogen-bond acceptors (Lipinski definition) is 6. The van der Waals surface area contributed by atoms with E-state index < -0.39 is 6.36 Å². The Morgan fingerprint density at radius 1 is 1.27 bits per heavy atom. The molecule has 1 aliphatic heterocycles. The minimum Gasteiger partial charge on any atom is -0.406 e. The summed E-state index contributed by atoms with van der Waals surface area (Å²) in [6, 6.07) is 4.81. The molecule has 2 N–H and O–H groups in total. The third-order valence-electron chi connectivity index (χ3n) is 4.49. The number of aryl methyl sites for hydroxylation is 1. The van der Waals surface area contributed by atoms with Gasteiger partial charge >= 0.3 is 6.36 Å². The Morgan fingerprint density at radius 2 is 1.93 bits per heavy atom. The minimum absolute atomic E-state index is 0.0172. The zero-order valence-electron chi connectivity index (χ0n) is 16.2. The summed E-state index contributed by atoms with van der Waals surface area (Å²) in [5.74, 6) is -0.278. The standard InChI is InChI=1S/C19H21F3N4O4/c1-12-15(17(28)25-18(23-12)26-8-10-29-11-9-26)6-7-16(27)24-13-2-4-14(5-3-13)30-19(20,21)22/h2-5H,6-11H2,1H3,(H,24,27)(H,23,25,28). The van der Waals surface area contributed by atoms with E-state index in [4.69, 9.17) is 4.74 Å². The molecule has 30 heavy (non-hydrogen) atoms. The summed E-state index contributed by atoms with van der Waals surface area (Å²) in [6.45, 7) is 4.11. The molecule has 8 nitrogen and oxygen atoms in total. The summed E-state index contributed by atoms with van der Waals surface area (Å²) in [7, 11) is 0. The van der Waals surface area contributed by atoms with Crippen molar-refractivity contribution in [2.45, 2.75) is 26.1 Å². The van der Waals surface area contributed by atoms with Gasteiger partial charge in [0.15, 0.2) is 0 Å². The van der Waals surface area contributed by atoms with Crippen LogP contribution >= 0.6 is 0 Å². The van der Waals surface area contributed by atoms with Crippen LogP contribution in [0.4, 0.5) is 24.8 Å². The first kappa shape index (κ1) is 21.6. The number of aromatic nitrogens is 2. The van der Waals surface area contributed by atoms with Crippen LogP contribution in [0, 0.1) is 6.92 Å². The molecule has 0 atom stereocenters. The summed E-state index contributed by atoms with van der Waals surface area (Å²) in [4.78, 5) is 33.7. The van der Waals surface area contributed by atoms with Crippen LogP contribution in [0.25, 0.3) is 0 Å². The number of alkyl halides is 3. The predicted molar refractivity (Wildman–Crippen MR) is 103 cm³/mol. The average Bonchev–Trinajstić information content (AvgIpc) is 2.68. The molecule has 3 rings (SSSR count). The predicted octanol–water partition coefficient (Wildman–Crippen LogP) is 2.38. The number of carbonyl (C=O) groups is 1. The molecule has 0 saturated carbocycles. The zero-order valence-corrected chi connectivity index (χ0v) is 16.2. The molecule has 162 valence electrons. The fourth-order valence-corrected chi connectivity index (χ4v) is 3.02. The molecule has 1 aromatic heterocycles. The van der Waals surface area contributed by atoms with E-state index in [1.54, 1.807) is 6.92 Å². The number of amides is 1. The van der Waals surface area contributed by atoms with Crippen LogP contribution in [0.2, 0.25) is 0 Å². The van der Waals surface area contributed by atoms with Gasteiger partial charge in [-0.3, -0.25) is 14.6 Å². The summed E-state index contributed by atoms with van der Waals surface area (Å²) < 4.78 is 45.6. The van der Waals surface area contributed by atoms with Gasteiger partial charge in [0.25, 0.3) is 5.56 Å². The van der Waals surface area contributed by atoms with E-state index >= 15 is 0 Å². The molecule has 1 saturated heterocycles. The molecule has 1 fully saturated rings. The maximum atomic E-state index is 12.4.